The Hall–Kier alpha value is -3.87. The van der Waals surface area contributed by atoms with Gasteiger partial charge in [0.25, 0.3) is 0 Å². The number of anilines is 2. The monoisotopic (exact) mass is 484 g/mol. The molecule has 0 saturated carbocycles. The zero-order valence-electron chi connectivity index (χ0n) is 20.8. The number of carbonyl (C=O) groups is 2. The number of aryl methyl sites for hydroxylation is 1. The Morgan fingerprint density at radius 2 is 1.61 bits per heavy atom. The number of methoxy groups -OCH3 is 1. The van der Waals surface area contributed by atoms with Crippen molar-refractivity contribution in [2.75, 3.05) is 43.1 Å². The van der Waals surface area contributed by atoms with Gasteiger partial charge in [-0.25, -0.2) is 0 Å². The van der Waals surface area contributed by atoms with Crippen LogP contribution in [0.25, 0.3) is 0 Å². The van der Waals surface area contributed by atoms with Gasteiger partial charge in [-0.3, -0.25) is 14.6 Å². The first-order valence-electron chi connectivity index (χ1n) is 12.5. The SMILES string of the molecule is COc1ccccc1C1C(C(=O)N2CCN(c3ccncc3)CC2)CCC(=O)N1c1ccc(C)cc1. The lowest BCUT2D eigenvalue weighted by Gasteiger charge is -2.44. The number of benzene rings is 2. The molecular weight excluding hydrogens is 452 g/mol. The molecule has 0 spiro atoms. The summed E-state index contributed by atoms with van der Waals surface area (Å²) in [5.74, 6) is 0.466. The number of hydrogen-bond acceptors (Lipinski definition) is 5. The Bertz CT molecular complexity index is 1210. The Kier molecular flexibility index (Phi) is 6.89. The predicted octanol–water partition coefficient (Wildman–Crippen LogP) is 4.23. The highest BCUT2D eigenvalue weighted by Gasteiger charge is 2.44. The maximum Gasteiger partial charge on any atom is 0.228 e. The van der Waals surface area contributed by atoms with Crippen LogP contribution in [0, 0.1) is 12.8 Å². The Morgan fingerprint density at radius 1 is 0.917 bits per heavy atom. The topological polar surface area (TPSA) is 66.0 Å². The molecular formula is C29H32N4O3. The smallest absolute Gasteiger partial charge is 0.228 e. The fourth-order valence-corrected chi connectivity index (χ4v) is 5.40. The molecule has 7 heteroatoms. The van der Waals surface area contributed by atoms with Gasteiger partial charge in [0, 0.05) is 61.9 Å². The van der Waals surface area contributed by atoms with Crippen LogP contribution in [0.1, 0.15) is 30.0 Å². The highest BCUT2D eigenvalue weighted by Crippen LogP contribution is 2.43. The average molecular weight is 485 g/mol. The third-order valence-corrected chi connectivity index (χ3v) is 7.30. The Balaban J connectivity index is 1.45. The van der Waals surface area contributed by atoms with Crippen LogP contribution < -0.4 is 14.5 Å². The minimum atomic E-state index is -0.434. The minimum Gasteiger partial charge on any atom is -0.496 e. The molecule has 2 amide bonds. The van der Waals surface area contributed by atoms with E-state index in [0.717, 1.165) is 35.6 Å². The molecule has 2 aliphatic rings. The fourth-order valence-electron chi connectivity index (χ4n) is 5.40. The van der Waals surface area contributed by atoms with Crippen molar-refractivity contribution >= 4 is 23.2 Å². The van der Waals surface area contributed by atoms with Crippen molar-refractivity contribution in [2.24, 2.45) is 5.92 Å². The van der Waals surface area contributed by atoms with Crippen LogP contribution in [-0.2, 0) is 9.59 Å². The summed E-state index contributed by atoms with van der Waals surface area (Å²) in [6, 6.07) is 19.3. The number of hydrogen-bond donors (Lipinski definition) is 0. The zero-order chi connectivity index (χ0) is 25.1. The fraction of sp³-hybridized carbons (Fsp3) is 0.345. The van der Waals surface area contributed by atoms with Crippen molar-refractivity contribution < 1.29 is 14.3 Å². The van der Waals surface area contributed by atoms with Crippen LogP contribution in [0.3, 0.4) is 0 Å². The maximum absolute atomic E-state index is 14.0. The predicted molar refractivity (Wildman–Crippen MR) is 140 cm³/mol. The summed E-state index contributed by atoms with van der Waals surface area (Å²) < 4.78 is 5.70. The van der Waals surface area contributed by atoms with E-state index in [-0.39, 0.29) is 17.7 Å². The normalized spacial score (nSPS) is 20.4. The molecule has 2 aromatic carbocycles. The van der Waals surface area contributed by atoms with Crippen LogP contribution in [0.15, 0.2) is 73.1 Å². The van der Waals surface area contributed by atoms with Gasteiger partial charge >= 0.3 is 0 Å². The van der Waals surface area contributed by atoms with Crippen LogP contribution in [0.5, 0.6) is 5.75 Å². The number of nitrogens with zero attached hydrogens (tertiary/aromatic N) is 4. The van der Waals surface area contributed by atoms with E-state index in [1.807, 2.05) is 77.4 Å². The lowest BCUT2D eigenvalue weighted by atomic mass is 9.82. The molecule has 3 heterocycles. The van der Waals surface area contributed by atoms with Crippen LogP contribution >= 0.6 is 0 Å². The summed E-state index contributed by atoms with van der Waals surface area (Å²) in [5, 5.41) is 0. The van der Waals surface area contributed by atoms with E-state index in [1.54, 1.807) is 19.5 Å². The van der Waals surface area contributed by atoms with E-state index in [0.29, 0.717) is 31.7 Å². The summed E-state index contributed by atoms with van der Waals surface area (Å²) in [4.78, 5) is 37.6. The molecule has 186 valence electrons. The van der Waals surface area contributed by atoms with E-state index >= 15 is 0 Å². The molecule has 1 aromatic heterocycles. The number of pyridine rings is 1. The van der Waals surface area contributed by atoms with Gasteiger partial charge in [0.05, 0.1) is 19.1 Å². The van der Waals surface area contributed by atoms with Gasteiger partial charge in [-0.15, -0.1) is 0 Å². The number of rotatable bonds is 5. The zero-order valence-corrected chi connectivity index (χ0v) is 20.8. The summed E-state index contributed by atoms with van der Waals surface area (Å²) in [6.07, 6.45) is 4.45. The van der Waals surface area contributed by atoms with E-state index in [9.17, 15) is 9.59 Å². The third-order valence-electron chi connectivity index (χ3n) is 7.30. The Labute approximate surface area is 212 Å². The average Bonchev–Trinajstić information content (AvgIpc) is 2.93. The minimum absolute atomic E-state index is 0.0290. The maximum atomic E-state index is 14.0. The van der Waals surface area contributed by atoms with Gasteiger partial charge < -0.3 is 19.4 Å². The van der Waals surface area contributed by atoms with Crippen molar-refractivity contribution in [3.8, 4) is 5.75 Å². The molecule has 2 unspecified atom stereocenters. The second-order valence-corrected chi connectivity index (χ2v) is 9.45. The van der Waals surface area contributed by atoms with Crippen molar-refractivity contribution in [2.45, 2.75) is 25.8 Å². The molecule has 7 nitrogen and oxygen atoms in total. The number of carbonyl (C=O) groups excluding carboxylic acids is 2. The number of aromatic nitrogens is 1. The van der Waals surface area contributed by atoms with E-state index < -0.39 is 6.04 Å². The molecule has 5 rings (SSSR count). The second-order valence-electron chi connectivity index (χ2n) is 9.45. The van der Waals surface area contributed by atoms with Gasteiger partial charge in [-0.1, -0.05) is 35.9 Å². The van der Waals surface area contributed by atoms with Crippen LogP contribution in [0.2, 0.25) is 0 Å². The first-order chi connectivity index (χ1) is 17.6. The van der Waals surface area contributed by atoms with E-state index in [2.05, 4.69) is 9.88 Å². The summed E-state index contributed by atoms with van der Waals surface area (Å²) in [7, 11) is 1.63. The lowest BCUT2D eigenvalue weighted by Crippen LogP contribution is -2.54. The molecule has 0 aliphatic carbocycles. The van der Waals surface area contributed by atoms with Gasteiger partial charge in [-0.05, 0) is 43.7 Å². The summed E-state index contributed by atoms with van der Waals surface area (Å²) >= 11 is 0. The van der Waals surface area contributed by atoms with Gasteiger partial charge in [0.15, 0.2) is 0 Å². The van der Waals surface area contributed by atoms with Crippen molar-refractivity contribution in [3.05, 3.63) is 84.2 Å². The van der Waals surface area contributed by atoms with E-state index in [4.69, 9.17) is 4.74 Å². The Morgan fingerprint density at radius 3 is 2.31 bits per heavy atom. The van der Waals surface area contributed by atoms with Crippen molar-refractivity contribution in [1.29, 1.82) is 0 Å². The van der Waals surface area contributed by atoms with Gasteiger partial charge in [0.2, 0.25) is 11.8 Å². The first-order valence-corrected chi connectivity index (χ1v) is 12.5. The number of ether oxygens (including phenoxy) is 1. The lowest BCUT2D eigenvalue weighted by molar-refractivity contribution is -0.138. The van der Waals surface area contributed by atoms with Crippen LogP contribution in [0.4, 0.5) is 11.4 Å². The molecule has 2 atom stereocenters. The molecule has 0 bridgehead atoms. The number of para-hydroxylation sites is 1. The molecule has 0 N–H and O–H groups in total. The summed E-state index contributed by atoms with van der Waals surface area (Å²) in [6.45, 7) is 4.85. The van der Waals surface area contributed by atoms with Crippen molar-refractivity contribution in [3.63, 3.8) is 0 Å². The molecule has 2 saturated heterocycles. The largest absolute Gasteiger partial charge is 0.496 e. The van der Waals surface area contributed by atoms with Crippen LogP contribution in [-0.4, -0.2) is 55.0 Å². The third kappa shape index (κ3) is 4.65. The molecule has 3 aromatic rings. The van der Waals surface area contributed by atoms with Gasteiger partial charge in [-0.2, -0.15) is 0 Å². The van der Waals surface area contributed by atoms with Gasteiger partial charge in [0.1, 0.15) is 5.75 Å². The number of amides is 2. The molecule has 36 heavy (non-hydrogen) atoms. The first kappa shape index (κ1) is 23.9. The van der Waals surface area contributed by atoms with E-state index in [1.165, 1.54) is 0 Å². The molecule has 2 fully saturated rings. The quantitative estimate of drug-likeness (QED) is 0.542. The number of piperazine rings is 1. The standard InChI is InChI=1S/C29H32N4O3/c1-21-7-9-23(10-8-21)33-27(34)12-11-25(28(33)24-5-3-4-6-26(24)36-2)29(35)32-19-17-31(18-20-32)22-13-15-30-16-14-22/h3-10,13-16,25,28H,11-12,17-20H2,1-2H3. The molecule has 2 aliphatic heterocycles. The molecule has 0 radical (unpaired) electrons. The van der Waals surface area contributed by atoms with Crippen molar-refractivity contribution in [1.82, 2.24) is 9.88 Å². The summed E-state index contributed by atoms with van der Waals surface area (Å²) in [5.41, 5.74) is 3.92. The highest BCUT2D eigenvalue weighted by molar-refractivity contribution is 5.97. The second kappa shape index (κ2) is 10.4. The highest BCUT2D eigenvalue weighted by atomic mass is 16.5. The number of piperidine rings is 1.